The smallest absolute Gasteiger partial charge is 0.254 e. The molecule has 15 heavy (non-hydrogen) atoms. The number of hydrogen-bond donors (Lipinski definition) is 1. The molecular weight excluding hydrogens is 258 g/mol. The average Bonchev–Trinajstić information content (AvgIpc) is 2.66. The van der Waals surface area contributed by atoms with Crippen LogP contribution in [0.1, 0.15) is 42.5 Å². The molecule has 0 unspecified atom stereocenters. The lowest BCUT2D eigenvalue weighted by molar-refractivity contribution is 0.0927. The van der Waals surface area contributed by atoms with E-state index < -0.39 is 0 Å². The summed E-state index contributed by atoms with van der Waals surface area (Å²) < 4.78 is 5.62. The van der Waals surface area contributed by atoms with Crippen LogP contribution in [0.25, 0.3) is 0 Å². The van der Waals surface area contributed by atoms with E-state index in [9.17, 15) is 4.79 Å². The fraction of sp³-hybridized carbons (Fsp3) is 0.545. The van der Waals surface area contributed by atoms with Crippen molar-refractivity contribution in [1.29, 1.82) is 0 Å². The van der Waals surface area contributed by atoms with Gasteiger partial charge in [0.1, 0.15) is 6.26 Å². The fourth-order valence-corrected chi connectivity index (χ4v) is 2.28. The van der Waals surface area contributed by atoms with E-state index in [-0.39, 0.29) is 5.91 Å². The van der Waals surface area contributed by atoms with Gasteiger partial charge in [0.25, 0.3) is 5.91 Å². The number of furan rings is 1. The first-order chi connectivity index (χ1) is 7.25. The minimum Gasteiger partial charge on any atom is -0.457 e. The highest BCUT2D eigenvalue weighted by atomic mass is 79.9. The highest BCUT2D eigenvalue weighted by Crippen LogP contribution is 2.19. The highest BCUT2D eigenvalue weighted by molar-refractivity contribution is 9.10. The number of rotatable bonds is 2. The summed E-state index contributed by atoms with van der Waals surface area (Å²) in [6.45, 7) is 0. The van der Waals surface area contributed by atoms with Gasteiger partial charge in [-0.3, -0.25) is 4.79 Å². The Morgan fingerprint density at radius 3 is 2.73 bits per heavy atom. The second-order valence-electron chi connectivity index (χ2n) is 3.95. The molecule has 1 aliphatic rings. The van der Waals surface area contributed by atoms with Crippen LogP contribution < -0.4 is 5.32 Å². The van der Waals surface area contributed by atoms with E-state index >= 15 is 0 Å². The molecule has 0 aromatic carbocycles. The van der Waals surface area contributed by atoms with Crippen molar-refractivity contribution >= 4 is 21.8 Å². The van der Waals surface area contributed by atoms with Crippen LogP contribution in [0.2, 0.25) is 0 Å². The van der Waals surface area contributed by atoms with Crippen LogP contribution in [0.3, 0.4) is 0 Å². The first kappa shape index (κ1) is 10.7. The number of nitrogens with one attached hydrogen (secondary N) is 1. The minimum absolute atomic E-state index is 0.0312. The van der Waals surface area contributed by atoms with Gasteiger partial charge in [-0.1, -0.05) is 19.3 Å². The van der Waals surface area contributed by atoms with E-state index in [0.29, 0.717) is 16.3 Å². The first-order valence-electron chi connectivity index (χ1n) is 5.30. The Morgan fingerprint density at radius 1 is 1.40 bits per heavy atom. The molecular formula is C11H14BrNO2. The predicted octanol–water partition coefficient (Wildman–Crippen LogP) is 3.10. The van der Waals surface area contributed by atoms with E-state index in [1.54, 1.807) is 6.07 Å². The van der Waals surface area contributed by atoms with Gasteiger partial charge in [0.15, 0.2) is 4.67 Å². The maximum Gasteiger partial charge on any atom is 0.254 e. The van der Waals surface area contributed by atoms with Gasteiger partial charge in [-0.2, -0.15) is 0 Å². The van der Waals surface area contributed by atoms with Crippen LogP contribution in [0.15, 0.2) is 21.4 Å². The zero-order valence-electron chi connectivity index (χ0n) is 8.46. The van der Waals surface area contributed by atoms with Crippen LogP contribution >= 0.6 is 15.9 Å². The van der Waals surface area contributed by atoms with Gasteiger partial charge >= 0.3 is 0 Å². The van der Waals surface area contributed by atoms with Gasteiger partial charge in [0.2, 0.25) is 0 Å². The molecule has 4 heteroatoms. The maximum absolute atomic E-state index is 11.7. The lowest BCUT2D eigenvalue weighted by atomic mass is 9.95. The van der Waals surface area contributed by atoms with Crippen LogP contribution in [0.4, 0.5) is 0 Å². The Balaban J connectivity index is 1.91. The molecule has 1 heterocycles. The average molecular weight is 272 g/mol. The molecule has 0 radical (unpaired) electrons. The second-order valence-corrected chi connectivity index (χ2v) is 4.73. The van der Waals surface area contributed by atoms with Crippen molar-refractivity contribution in [3.05, 3.63) is 22.6 Å². The quantitative estimate of drug-likeness (QED) is 0.898. The minimum atomic E-state index is -0.0312. The molecule has 0 bridgehead atoms. The van der Waals surface area contributed by atoms with Gasteiger partial charge in [-0.05, 0) is 28.8 Å². The van der Waals surface area contributed by atoms with Gasteiger partial charge in [0, 0.05) is 12.1 Å². The topological polar surface area (TPSA) is 42.2 Å². The molecule has 1 aliphatic carbocycles. The molecule has 82 valence electrons. The van der Waals surface area contributed by atoms with E-state index in [1.807, 2.05) is 0 Å². The molecule has 0 atom stereocenters. The van der Waals surface area contributed by atoms with Gasteiger partial charge < -0.3 is 9.73 Å². The Morgan fingerprint density at radius 2 is 2.13 bits per heavy atom. The summed E-state index contributed by atoms with van der Waals surface area (Å²) in [5.41, 5.74) is 0.590. The SMILES string of the molecule is O=C(NC1CCCCC1)c1coc(Br)c1. The van der Waals surface area contributed by atoms with E-state index in [1.165, 1.54) is 25.5 Å². The van der Waals surface area contributed by atoms with Crippen molar-refractivity contribution in [3.8, 4) is 0 Å². The third kappa shape index (κ3) is 2.84. The summed E-state index contributed by atoms with van der Waals surface area (Å²) in [5, 5.41) is 3.03. The van der Waals surface area contributed by atoms with Crippen LogP contribution in [-0.4, -0.2) is 11.9 Å². The van der Waals surface area contributed by atoms with Crippen molar-refractivity contribution in [3.63, 3.8) is 0 Å². The third-order valence-corrected chi connectivity index (χ3v) is 3.19. The number of amides is 1. The van der Waals surface area contributed by atoms with E-state index in [4.69, 9.17) is 4.42 Å². The molecule has 0 saturated heterocycles. The normalized spacial score (nSPS) is 17.7. The van der Waals surface area contributed by atoms with Gasteiger partial charge in [-0.15, -0.1) is 0 Å². The zero-order chi connectivity index (χ0) is 10.7. The van der Waals surface area contributed by atoms with Crippen molar-refractivity contribution in [2.24, 2.45) is 0 Å². The van der Waals surface area contributed by atoms with Crippen molar-refractivity contribution in [2.75, 3.05) is 0 Å². The van der Waals surface area contributed by atoms with Crippen LogP contribution in [0.5, 0.6) is 0 Å². The Kier molecular flexibility index (Phi) is 3.46. The third-order valence-electron chi connectivity index (χ3n) is 2.77. The summed E-state index contributed by atoms with van der Waals surface area (Å²) >= 11 is 3.18. The van der Waals surface area contributed by atoms with Crippen LogP contribution in [0, 0.1) is 0 Å². The van der Waals surface area contributed by atoms with E-state index in [0.717, 1.165) is 12.8 Å². The van der Waals surface area contributed by atoms with Gasteiger partial charge in [-0.25, -0.2) is 0 Å². The molecule has 1 aromatic heterocycles. The Labute approximate surface area is 97.4 Å². The predicted molar refractivity (Wildman–Crippen MR) is 60.7 cm³/mol. The monoisotopic (exact) mass is 271 g/mol. The molecule has 1 amide bonds. The summed E-state index contributed by atoms with van der Waals surface area (Å²) in [5.74, 6) is -0.0312. The lowest BCUT2D eigenvalue weighted by Gasteiger charge is -2.22. The highest BCUT2D eigenvalue weighted by Gasteiger charge is 2.17. The second kappa shape index (κ2) is 4.84. The molecule has 3 nitrogen and oxygen atoms in total. The lowest BCUT2D eigenvalue weighted by Crippen LogP contribution is -2.35. The Hall–Kier alpha value is -0.770. The van der Waals surface area contributed by atoms with Gasteiger partial charge in [0.05, 0.1) is 5.56 Å². The molecule has 0 spiro atoms. The molecule has 1 fully saturated rings. The summed E-state index contributed by atoms with van der Waals surface area (Å²) in [4.78, 5) is 11.7. The number of carbonyl (C=O) groups excluding carboxylic acids is 1. The summed E-state index contributed by atoms with van der Waals surface area (Å²) in [6.07, 6.45) is 7.42. The number of carbonyl (C=O) groups is 1. The first-order valence-corrected chi connectivity index (χ1v) is 6.10. The molecule has 1 N–H and O–H groups in total. The molecule has 2 rings (SSSR count). The largest absolute Gasteiger partial charge is 0.457 e. The zero-order valence-corrected chi connectivity index (χ0v) is 10.0. The maximum atomic E-state index is 11.7. The molecule has 1 aromatic rings. The van der Waals surface area contributed by atoms with Crippen molar-refractivity contribution < 1.29 is 9.21 Å². The standard InChI is InChI=1S/C11H14BrNO2/c12-10-6-8(7-15-10)11(14)13-9-4-2-1-3-5-9/h6-7,9H,1-5H2,(H,13,14). The molecule has 1 saturated carbocycles. The Bertz CT molecular complexity index is 342. The summed E-state index contributed by atoms with van der Waals surface area (Å²) in [7, 11) is 0. The molecule has 0 aliphatic heterocycles. The fourth-order valence-electron chi connectivity index (χ4n) is 1.94. The summed E-state index contributed by atoms with van der Waals surface area (Å²) in [6, 6.07) is 2.04. The van der Waals surface area contributed by atoms with Crippen molar-refractivity contribution in [1.82, 2.24) is 5.32 Å². The van der Waals surface area contributed by atoms with Crippen molar-refractivity contribution in [2.45, 2.75) is 38.1 Å². The van der Waals surface area contributed by atoms with E-state index in [2.05, 4.69) is 21.2 Å². The van der Waals surface area contributed by atoms with Crippen LogP contribution in [-0.2, 0) is 0 Å². The number of halogens is 1. The number of hydrogen-bond acceptors (Lipinski definition) is 2.